The molecule has 0 heterocycles. The zero-order chi connectivity index (χ0) is 16.1. The first-order valence-electron chi connectivity index (χ1n) is 6.93. The molecule has 0 unspecified atom stereocenters. The highest BCUT2D eigenvalue weighted by Crippen LogP contribution is 2.25. The molecule has 0 saturated carbocycles. The van der Waals surface area contributed by atoms with Crippen LogP contribution in [0.3, 0.4) is 0 Å². The Balaban J connectivity index is 1.99. The van der Waals surface area contributed by atoms with Gasteiger partial charge in [0.1, 0.15) is 5.75 Å². The molecule has 1 N–H and O–H groups in total. The molecule has 0 bridgehead atoms. The van der Waals surface area contributed by atoms with Crippen LogP contribution in [0.5, 0.6) is 5.75 Å². The third-order valence-electron chi connectivity index (χ3n) is 3.06. The van der Waals surface area contributed by atoms with Gasteiger partial charge in [-0.15, -0.1) is 0 Å². The van der Waals surface area contributed by atoms with Crippen molar-refractivity contribution in [1.29, 1.82) is 0 Å². The molecule has 22 heavy (non-hydrogen) atoms. The van der Waals surface area contributed by atoms with Crippen molar-refractivity contribution >= 4 is 34.8 Å². The fraction of sp³-hybridized carbons (Fsp3) is 0.235. The summed E-state index contributed by atoms with van der Waals surface area (Å²) in [5, 5.41) is 3.79. The van der Waals surface area contributed by atoms with Gasteiger partial charge < -0.3 is 10.1 Å². The van der Waals surface area contributed by atoms with E-state index in [-0.39, 0.29) is 12.5 Å². The second-order valence-corrected chi connectivity index (χ2v) is 6.06. The van der Waals surface area contributed by atoms with Gasteiger partial charge in [-0.1, -0.05) is 55.2 Å². The minimum atomic E-state index is -0.232. The summed E-state index contributed by atoms with van der Waals surface area (Å²) in [5.74, 6) is 0.554. The van der Waals surface area contributed by atoms with Crippen LogP contribution in [0.15, 0.2) is 42.5 Å². The molecule has 0 fully saturated rings. The molecule has 2 rings (SSSR count). The Kier molecular flexibility index (Phi) is 5.69. The van der Waals surface area contributed by atoms with E-state index in [1.165, 1.54) is 0 Å². The predicted molar refractivity (Wildman–Crippen MR) is 91.1 cm³/mol. The van der Waals surface area contributed by atoms with Crippen LogP contribution in [0.1, 0.15) is 25.3 Å². The first-order chi connectivity index (χ1) is 10.5. The molecular weight excluding hydrogens is 321 g/mol. The van der Waals surface area contributed by atoms with E-state index in [0.29, 0.717) is 21.7 Å². The van der Waals surface area contributed by atoms with Crippen LogP contribution in [-0.2, 0) is 4.79 Å². The lowest BCUT2D eigenvalue weighted by atomic mass is 10.0. The van der Waals surface area contributed by atoms with Gasteiger partial charge in [0.05, 0.1) is 0 Å². The van der Waals surface area contributed by atoms with E-state index in [9.17, 15) is 4.79 Å². The van der Waals surface area contributed by atoms with Gasteiger partial charge in [0.2, 0.25) is 0 Å². The van der Waals surface area contributed by atoms with Gasteiger partial charge in [0.15, 0.2) is 6.61 Å². The van der Waals surface area contributed by atoms with Crippen LogP contribution in [-0.4, -0.2) is 12.5 Å². The lowest BCUT2D eigenvalue weighted by Gasteiger charge is -2.14. The Morgan fingerprint density at radius 2 is 1.77 bits per heavy atom. The van der Waals surface area contributed by atoms with Crippen LogP contribution < -0.4 is 10.1 Å². The third-order valence-corrected chi connectivity index (χ3v) is 3.50. The number of rotatable bonds is 5. The van der Waals surface area contributed by atoms with Crippen molar-refractivity contribution in [3.8, 4) is 5.75 Å². The quantitative estimate of drug-likeness (QED) is 0.820. The molecule has 5 heteroatoms. The molecule has 0 aliphatic rings. The molecule has 0 aromatic heterocycles. The molecule has 2 aromatic rings. The van der Waals surface area contributed by atoms with E-state index in [4.69, 9.17) is 27.9 Å². The van der Waals surface area contributed by atoms with E-state index >= 15 is 0 Å². The van der Waals surface area contributed by atoms with Gasteiger partial charge >= 0.3 is 0 Å². The van der Waals surface area contributed by atoms with Crippen LogP contribution in [0.4, 0.5) is 5.69 Å². The summed E-state index contributed by atoms with van der Waals surface area (Å²) in [5.41, 5.74) is 1.89. The lowest BCUT2D eigenvalue weighted by molar-refractivity contribution is -0.118. The molecular formula is C17H17Cl2NO2. The van der Waals surface area contributed by atoms with Crippen LogP contribution >= 0.6 is 23.2 Å². The number of halogens is 2. The molecule has 0 aliphatic heterocycles. The molecule has 0 aliphatic carbocycles. The van der Waals surface area contributed by atoms with Crippen LogP contribution in [0.25, 0.3) is 0 Å². The van der Waals surface area contributed by atoms with E-state index in [2.05, 4.69) is 19.2 Å². The van der Waals surface area contributed by atoms with Gasteiger partial charge in [-0.2, -0.15) is 0 Å². The van der Waals surface area contributed by atoms with Crippen molar-refractivity contribution in [3.63, 3.8) is 0 Å². The smallest absolute Gasteiger partial charge is 0.262 e. The van der Waals surface area contributed by atoms with Crippen molar-refractivity contribution in [1.82, 2.24) is 0 Å². The maximum atomic E-state index is 12.0. The number of carbonyl (C=O) groups is 1. The van der Waals surface area contributed by atoms with Crippen molar-refractivity contribution in [3.05, 3.63) is 58.1 Å². The topological polar surface area (TPSA) is 38.3 Å². The number of carbonyl (C=O) groups excluding carboxylic acids is 1. The van der Waals surface area contributed by atoms with Crippen LogP contribution in [0, 0.1) is 0 Å². The Hall–Kier alpha value is -1.71. The van der Waals surface area contributed by atoms with Gasteiger partial charge in [-0.3, -0.25) is 4.79 Å². The molecule has 3 nitrogen and oxygen atoms in total. The van der Waals surface area contributed by atoms with E-state index in [1.54, 1.807) is 18.2 Å². The standard InChI is InChI=1S/C17H17Cl2NO2/c1-11(2)15-5-3-4-6-16(15)20-17(21)10-22-14-8-12(18)7-13(19)9-14/h3-9,11H,10H2,1-2H3,(H,20,21). The summed E-state index contributed by atoms with van der Waals surface area (Å²) in [6.45, 7) is 4.05. The molecule has 0 atom stereocenters. The summed E-state index contributed by atoms with van der Waals surface area (Å²) in [6, 6.07) is 12.6. The first-order valence-corrected chi connectivity index (χ1v) is 7.69. The fourth-order valence-electron chi connectivity index (χ4n) is 2.06. The Labute approximate surface area is 140 Å². The first kappa shape index (κ1) is 16.7. The average Bonchev–Trinajstić information content (AvgIpc) is 2.44. The number of anilines is 1. The monoisotopic (exact) mass is 337 g/mol. The highest BCUT2D eigenvalue weighted by atomic mass is 35.5. The zero-order valence-corrected chi connectivity index (χ0v) is 13.9. The highest BCUT2D eigenvalue weighted by Gasteiger charge is 2.10. The van der Waals surface area contributed by atoms with E-state index < -0.39 is 0 Å². The predicted octanol–water partition coefficient (Wildman–Crippen LogP) is 5.13. The maximum Gasteiger partial charge on any atom is 0.262 e. The van der Waals surface area contributed by atoms with Crippen molar-refractivity contribution < 1.29 is 9.53 Å². The van der Waals surface area contributed by atoms with Crippen LogP contribution in [0.2, 0.25) is 10.0 Å². The maximum absolute atomic E-state index is 12.0. The minimum absolute atomic E-state index is 0.108. The van der Waals surface area contributed by atoms with Gasteiger partial charge in [0.25, 0.3) is 5.91 Å². The molecule has 2 aromatic carbocycles. The van der Waals surface area contributed by atoms with Crippen molar-refractivity contribution in [2.45, 2.75) is 19.8 Å². The van der Waals surface area contributed by atoms with Gasteiger partial charge in [-0.05, 0) is 35.7 Å². The number of para-hydroxylation sites is 1. The van der Waals surface area contributed by atoms with Crippen molar-refractivity contribution in [2.75, 3.05) is 11.9 Å². The number of benzene rings is 2. The minimum Gasteiger partial charge on any atom is -0.484 e. The summed E-state index contributed by atoms with van der Waals surface area (Å²) in [6.07, 6.45) is 0. The Morgan fingerprint density at radius 3 is 2.41 bits per heavy atom. The Bertz CT molecular complexity index is 651. The number of nitrogens with one attached hydrogen (secondary N) is 1. The van der Waals surface area contributed by atoms with Gasteiger partial charge in [0, 0.05) is 15.7 Å². The average molecular weight is 338 g/mol. The number of amides is 1. The second kappa shape index (κ2) is 7.52. The number of hydrogen-bond donors (Lipinski definition) is 1. The third kappa shape index (κ3) is 4.65. The number of hydrogen-bond acceptors (Lipinski definition) is 2. The Morgan fingerprint density at radius 1 is 1.14 bits per heavy atom. The lowest BCUT2D eigenvalue weighted by Crippen LogP contribution is -2.21. The molecule has 0 saturated heterocycles. The second-order valence-electron chi connectivity index (χ2n) is 5.18. The highest BCUT2D eigenvalue weighted by molar-refractivity contribution is 6.34. The summed E-state index contributed by atoms with van der Waals surface area (Å²) < 4.78 is 5.42. The molecule has 1 amide bonds. The summed E-state index contributed by atoms with van der Waals surface area (Å²) in [4.78, 5) is 12.0. The summed E-state index contributed by atoms with van der Waals surface area (Å²) >= 11 is 11.8. The largest absolute Gasteiger partial charge is 0.484 e. The van der Waals surface area contributed by atoms with E-state index in [1.807, 2.05) is 24.3 Å². The molecule has 0 spiro atoms. The zero-order valence-electron chi connectivity index (χ0n) is 12.4. The molecule has 116 valence electrons. The normalized spacial score (nSPS) is 10.6. The van der Waals surface area contributed by atoms with E-state index in [0.717, 1.165) is 11.3 Å². The fourth-order valence-corrected chi connectivity index (χ4v) is 2.57. The SMILES string of the molecule is CC(C)c1ccccc1NC(=O)COc1cc(Cl)cc(Cl)c1. The van der Waals surface area contributed by atoms with Crippen molar-refractivity contribution in [2.24, 2.45) is 0 Å². The number of ether oxygens (including phenoxy) is 1. The molecule has 0 radical (unpaired) electrons. The van der Waals surface area contributed by atoms with Gasteiger partial charge in [-0.25, -0.2) is 0 Å². The summed E-state index contributed by atoms with van der Waals surface area (Å²) in [7, 11) is 0.